The van der Waals surface area contributed by atoms with Crippen LogP contribution in [0.5, 0.6) is 11.5 Å². The maximum atomic E-state index is 13.4. The molecule has 43 heavy (non-hydrogen) atoms. The number of methoxy groups -OCH3 is 1. The SMILES string of the molecule is COc1ccc([C@@H](CC(=O)NCc2ccco2)c2cn(Cc3ccccc3)c3ccccc23)cc1OCc1ccccc1. The number of fused-ring (bicyclic) bond motifs is 1. The standard InChI is InChI=1S/C37H34N2O4/c1-41-35-19-18-29(21-36(35)43-26-28-13-6-3-7-14-28)32(22-37(40)38-23-30-15-10-20-42-30)33-25-39(24-27-11-4-2-5-12-27)34-17-9-8-16-31(33)34/h2-21,25,32H,22-24,26H2,1H3,(H,38,40)/t32-/m1/s1. The zero-order valence-corrected chi connectivity index (χ0v) is 24.1. The molecule has 1 amide bonds. The van der Waals surface area contributed by atoms with E-state index >= 15 is 0 Å². The lowest BCUT2D eigenvalue weighted by Crippen LogP contribution is -2.24. The van der Waals surface area contributed by atoms with Crippen LogP contribution in [0.25, 0.3) is 10.9 Å². The molecule has 0 aliphatic rings. The van der Waals surface area contributed by atoms with Crippen LogP contribution in [0.3, 0.4) is 0 Å². The third-order valence-electron chi connectivity index (χ3n) is 7.65. The second kappa shape index (κ2) is 13.2. The van der Waals surface area contributed by atoms with Gasteiger partial charge in [-0.15, -0.1) is 0 Å². The highest BCUT2D eigenvalue weighted by Crippen LogP contribution is 2.39. The van der Waals surface area contributed by atoms with Gasteiger partial charge in [0.25, 0.3) is 0 Å². The first-order chi connectivity index (χ1) is 21.2. The Balaban J connectivity index is 1.37. The molecule has 0 aliphatic heterocycles. The van der Waals surface area contributed by atoms with Crippen LogP contribution in [-0.2, 0) is 24.5 Å². The fourth-order valence-electron chi connectivity index (χ4n) is 5.49. The monoisotopic (exact) mass is 570 g/mol. The first-order valence-corrected chi connectivity index (χ1v) is 14.4. The highest BCUT2D eigenvalue weighted by molar-refractivity contribution is 5.87. The number of carbonyl (C=O) groups excluding carboxylic acids is 1. The van der Waals surface area contributed by atoms with E-state index in [1.54, 1.807) is 13.4 Å². The predicted molar refractivity (Wildman–Crippen MR) is 168 cm³/mol. The van der Waals surface area contributed by atoms with Gasteiger partial charge in [0, 0.05) is 36.0 Å². The lowest BCUT2D eigenvalue weighted by molar-refractivity contribution is -0.121. The number of carbonyl (C=O) groups is 1. The van der Waals surface area contributed by atoms with Crippen molar-refractivity contribution >= 4 is 16.8 Å². The summed E-state index contributed by atoms with van der Waals surface area (Å²) in [6.45, 7) is 1.47. The molecule has 0 bridgehead atoms. The minimum Gasteiger partial charge on any atom is -0.493 e. The Hall–Kier alpha value is -5.23. The normalized spacial score (nSPS) is 11.7. The molecule has 216 valence electrons. The number of nitrogens with one attached hydrogen (secondary N) is 1. The lowest BCUT2D eigenvalue weighted by Gasteiger charge is -2.20. The van der Waals surface area contributed by atoms with E-state index in [1.165, 1.54) is 5.56 Å². The fourth-order valence-corrected chi connectivity index (χ4v) is 5.49. The van der Waals surface area contributed by atoms with E-state index in [0.29, 0.717) is 30.4 Å². The third kappa shape index (κ3) is 6.65. The number of amides is 1. The van der Waals surface area contributed by atoms with Crippen LogP contribution in [0.4, 0.5) is 0 Å². The Morgan fingerprint density at radius 1 is 0.837 bits per heavy atom. The van der Waals surface area contributed by atoms with Crippen LogP contribution in [0, 0.1) is 0 Å². The molecule has 0 saturated carbocycles. The van der Waals surface area contributed by atoms with Gasteiger partial charge in [-0.2, -0.15) is 0 Å². The number of hydrogen-bond acceptors (Lipinski definition) is 4. The highest BCUT2D eigenvalue weighted by atomic mass is 16.5. The second-order valence-electron chi connectivity index (χ2n) is 10.5. The van der Waals surface area contributed by atoms with Crippen LogP contribution in [0.2, 0.25) is 0 Å². The fraction of sp³-hybridized carbons (Fsp3) is 0.162. The summed E-state index contributed by atoms with van der Waals surface area (Å²) in [6, 6.07) is 38.5. The van der Waals surface area contributed by atoms with Gasteiger partial charge >= 0.3 is 0 Å². The Kier molecular flexibility index (Phi) is 8.55. The van der Waals surface area contributed by atoms with Crippen LogP contribution in [-0.4, -0.2) is 17.6 Å². The molecule has 0 spiro atoms. The number of nitrogens with zero attached hydrogens (tertiary/aromatic N) is 1. The summed E-state index contributed by atoms with van der Waals surface area (Å²) in [6.07, 6.45) is 4.06. The minimum absolute atomic E-state index is 0.0659. The molecule has 4 aromatic carbocycles. The van der Waals surface area contributed by atoms with Crippen molar-refractivity contribution in [2.75, 3.05) is 7.11 Å². The van der Waals surface area contributed by atoms with Crippen molar-refractivity contribution in [3.05, 3.63) is 156 Å². The van der Waals surface area contributed by atoms with Gasteiger partial charge in [-0.05, 0) is 52.6 Å². The van der Waals surface area contributed by atoms with Gasteiger partial charge in [0.05, 0.1) is 19.9 Å². The summed E-state index contributed by atoms with van der Waals surface area (Å²) in [4.78, 5) is 13.4. The van der Waals surface area contributed by atoms with E-state index in [-0.39, 0.29) is 18.2 Å². The lowest BCUT2D eigenvalue weighted by atomic mass is 9.87. The van der Waals surface area contributed by atoms with E-state index in [0.717, 1.165) is 34.1 Å². The Labute approximate surface area is 251 Å². The topological polar surface area (TPSA) is 65.6 Å². The zero-order valence-electron chi connectivity index (χ0n) is 24.1. The van der Waals surface area contributed by atoms with Crippen molar-refractivity contribution in [2.24, 2.45) is 0 Å². The molecule has 2 aromatic heterocycles. The Bertz CT molecular complexity index is 1780. The molecule has 0 unspecified atom stereocenters. The average Bonchev–Trinajstić information content (AvgIpc) is 3.71. The van der Waals surface area contributed by atoms with Crippen LogP contribution in [0.15, 0.2) is 132 Å². The summed E-state index contributed by atoms with van der Waals surface area (Å²) in [5.41, 5.74) is 5.45. The van der Waals surface area contributed by atoms with Crippen LogP contribution in [0.1, 0.15) is 40.4 Å². The van der Waals surface area contributed by atoms with Gasteiger partial charge in [0.15, 0.2) is 11.5 Å². The predicted octanol–water partition coefficient (Wildman–Crippen LogP) is 7.71. The molecule has 0 saturated heterocycles. The summed E-state index contributed by atoms with van der Waals surface area (Å²) < 4.78 is 19.6. The van der Waals surface area contributed by atoms with Crippen molar-refractivity contribution in [1.29, 1.82) is 0 Å². The second-order valence-corrected chi connectivity index (χ2v) is 10.5. The number of hydrogen-bond donors (Lipinski definition) is 1. The zero-order chi connectivity index (χ0) is 29.4. The van der Waals surface area contributed by atoms with Crippen LogP contribution >= 0.6 is 0 Å². The molecule has 6 heteroatoms. The van der Waals surface area contributed by atoms with Gasteiger partial charge in [0.1, 0.15) is 12.4 Å². The number of rotatable bonds is 12. The van der Waals surface area contributed by atoms with Crippen molar-refractivity contribution in [3.8, 4) is 11.5 Å². The largest absolute Gasteiger partial charge is 0.493 e. The van der Waals surface area contributed by atoms with E-state index in [4.69, 9.17) is 13.9 Å². The molecule has 6 nitrogen and oxygen atoms in total. The summed E-state index contributed by atoms with van der Waals surface area (Å²) >= 11 is 0. The minimum atomic E-state index is -0.233. The molecular formula is C37H34N2O4. The molecule has 0 aliphatic carbocycles. The van der Waals surface area contributed by atoms with E-state index in [1.807, 2.05) is 66.7 Å². The van der Waals surface area contributed by atoms with Gasteiger partial charge in [-0.25, -0.2) is 0 Å². The molecule has 0 radical (unpaired) electrons. The molecular weight excluding hydrogens is 536 g/mol. The smallest absolute Gasteiger partial charge is 0.221 e. The quantitative estimate of drug-likeness (QED) is 0.164. The Morgan fingerprint density at radius 2 is 1.58 bits per heavy atom. The molecule has 1 atom stereocenters. The first-order valence-electron chi connectivity index (χ1n) is 14.4. The Morgan fingerprint density at radius 3 is 2.33 bits per heavy atom. The summed E-state index contributed by atoms with van der Waals surface area (Å²) in [5.74, 6) is 1.70. The van der Waals surface area contributed by atoms with Gasteiger partial charge in [-0.3, -0.25) is 4.79 Å². The third-order valence-corrected chi connectivity index (χ3v) is 7.65. The number of furan rings is 1. The maximum absolute atomic E-state index is 13.4. The molecule has 6 aromatic rings. The highest BCUT2D eigenvalue weighted by Gasteiger charge is 2.24. The number of para-hydroxylation sites is 1. The van der Waals surface area contributed by atoms with Crippen molar-refractivity contribution in [2.45, 2.75) is 32.0 Å². The van der Waals surface area contributed by atoms with Gasteiger partial charge < -0.3 is 23.8 Å². The van der Waals surface area contributed by atoms with Gasteiger partial charge in [0.2, 0.25) is 5.91 Å². The molecule has 2 heterocycles. The average molecular weight is 571 g/mol. The van der Waals surface area contributed by atoms with E-state index in [9.17, 15) is 4.79 Å². The van der Waals surface area contributed by atoms with Crippen molar-refractivity contribution < 1.29 is 18.7 Å². The van der Waals surface area contributed by atoms with Gasteiger partial charge in [-0.1, -0.05) is 84.9 Å². The van der Waals surface area contributed by atoms with E-state index < -0.39 is 0 Å². The number of ether oxygens (including phenoxy) is 2. The molecule has 1 N–H and O–H groups in total. The molecule has 6 rings (SSSR count). The maximum Gasteiger partial charge on any atom is 0.221 e. The first kappa shape index (κ1) is 27.9. The summed E-state index contributed by atoms with van der Waals surface area (Å²) in [5, 5.41) is 4.15. The van der Waals surface area contributed by atoms with Crippen LogP contribution < -0.4 is 14.8 Å². The number of benzene rings is 4. The molecule has 0 fully saturated rings. The van der Waals surface area contributed by atoms with E-state index in [2.05, 4.69) is 64.6 Å². The number of aromatic nitrogens is 1. The van der Waals surface area contributed by atoms with Crippen molar-refractivity contribution in [3.63, 3.8) is 0 Å². The summed E-state index contributed by atoms with van der Waals surface area (Å²) in [7, 11) is 1.64. The van der Waals surface area contributed by atoms with Crippen molar-refractivity contribution in [1.82, 2.24) is 9.88 Å².